The lowest BCUT2D eigenvalue weighted by Crippen LogP contribution is -2.23. The van der Waals surface area contributed by atoms with Crippen molar-refractivity contribution in [3.05, 3.63) is 22.8 Å². The van der Waals surface area contributed by atoms with E-state index in [4.69, 9.17) is 0 Å². The highest BCUT2D eigenvalue weighted by molar-refractivity contribution is 8.03. The van der Waals surface area contributed by atoms with Gasteiger partial charge in [0.05, 0.1) is 16.3 Å². The number of thioether (sulfide) groups is 1. The number of hydrazone groups is 1. The van der Waals surface area contributed by atoms with Crippen molar-refractivity contribution in [2.45, 2.75) is 40.5 Å². The number of carbonyl (C=O) groups excluding carboxylic acids is 1. The Hall–Kier alpha value is -1.23. The summed E-state index contributed by atoms with van der Waals surface area (Å²) in [6.07, 6.45) is 6.48. The summed E-state index contributed by atoms with van der Waals surface area (Å²) in [6.45, 7) is 10.7. The molecular weight excluding hydrogens is 294 g/mol. The van der Waals surface area contributed by atoms with Gasteiger partial charge in [0.2, 0.25) is 0 Å². The molecule has 0 bridgehead atoms. The van der Waals surface area contributed by atoms with Crippen LogP contribution in [0.1, 0.15) is 40.5 Å². The van der Waals surface area contributed by atoms with Crippen molar-refractivity contribution in [2.75, 3.05) is 25.9 Å². The lowest BCUT2D eigenvalue weighted by molar-refractivity contribution is -0.124. The topological polar surface area (TPSA) is 35.9 Å². The van der Waals surface area contributed by atoms with Gasteiger partial charge in [-0.15, -0.1) is 11.8 Å². The first-order valence-electron chi connectivity index (χ1n) is 8.02. The van der Waals surface area contributed by atoms with Gasteiger partial charge in [-0.1, -0.05) is 34.1 Å². The molecule has 0 unspecified atom stereocenters. The molecule has 0 saturated carbocycles. The first kappa shape index (κ1) is 17.1. The maximum absolute atomic E-state index is 12.3. The van der Waals surface area contributed by atoms with Crippen molar-refractivity contribution in [1.29, 1.82) is 0 Å². The van der Waals surface area contributed by atoms with Gasteiger partial charge < -0.3 is 4.90 Å². The number of hydrogen-bond donors (Lipinski definition) is 0. The van der Waals surface area contributed by atoms with Crippen LogP contribution in [-0.2, 0) is 4.79 Å². The number of unbranched alkanes of at least 4 members (excludes halogenated alkanes) is 1. The molecule has 0 aromatic carbocycles. The summed E-state index contributed by atoms with van der Waals surface area (Å²) in [7, 11) is 1.72. The summed E-state index contributed by atoms with van der Waals surface area (Å²) >= 11 is 1.87. The number of rotatable bonds is 4. The molecule has 0 radical (unpaired) electrons. The molecule has 2 aliphatic heterocycles. The van der Waals surface area contributed by atoms with Crippen LogP contribution in [0.2, 0.25) is 0 Å². The molecule has 1 amide bonds. The molecule has 1 fully saturated rings. The van der Waals surface area contributed by atoms with Gasteiger partial charge in [0, 0.05) is 31.3 Å². The van der Waals surface area contributed by atoms with Gasteiger partial charge in [-0.25, -0.2) is 5.01 Å². The zero-order valence-electron chi connectivity index (χ0n) is 14.3. The van der Waals surface area contributed by atoms with Gasteiger partial charge in [-0.05, 0) is 18.6 Å². The second-order valence-electron chi connectivity index (χ2n) is 6.80. The monoisotopic (exact) mass is 321 g/mol. The van der Waals surface area contributed by atoms with Crippen LogP contribution in [0.3, 0.4) is 0 Å². The Morgan fingerprint density at radius 2 is 2.05 bits per heavy atom. The highest BCUT2D eigenvalue weighted by Crippen LogP contribution is 2.30. The summed E-state index contributed by atoms with van der Waals surface area (Å²) in [5.74, 6) is 1.12. The molecule has 0 N–H and O–H groups in total. The fourth-order valence-electron chi connectivity index (χ4n) is 2.57. The van der Waals surface area contributed by atoms with Gasteiger partial charge >= 0.3 is 0 Å². The minimum atomic E-state index is -0.129. The van der Waals surface area contributed by atoms with Crippen LogP contribution in [0, 0.1) is 5.41 Å². The van der Waals surface area contributed by atoms with E-state index in [0.717, 1.165) is 30.1 Å². The number of amides is 1. The average molecular weight is 321 g/mol. The molecule has 2 aliphatic rings. The third-order valence-corrected chi connectivity index (χ3v) is 4.91. The second-order valence-corrected chi connectivity index (χ2v) is 7.92. The number of carbonyl (C=O) groups is 1. The second kappa shape index (κ2) is 6.90. The van der Waals surface area contributed by atoms with Crippen LogP contribution in [-0.4, -0.2) is 47.4 Å². The summed E-state index contributed by atoms with van der Waals surface area (Å²) in [5, 5.41) is 7.14. The Kier molecular flexibility index (Phi) is 5.37. The van der Waals surface area contributed by atoms with E-state index in [0.29, 0.717) is 0 Å². The van der Waals surface area contributed by atoms with E-state index in [1.54, 1.807) is 7.05 Å². The minimum Gasteiger partial charge on any atom is -0.366 e. The molecular formula is C17H27N3OS. The number of nitrogens with zero attached hydrogens (tertiary/aromatic N) is 3. The Bertz CT molecular complexity index is 529. The van der Waals surface area contributed by atoms with Gasteiger partial charge in [0.15, 0.2) is 0 Å². The van der Waals surface area contributed by atoms with E-state index in [-0.39, 0.29) is 11.3 Å². The zero-order chi connectivity index (χ0) is 16.3. The minimum absolute atomic E-state index is 0.00937. The first-order chi connectivity index (χ1) is 10.3. The average Bonchev–Trinajstić information content (AvgIpc) is 3.00. The molecule has 0 atom stereocenters. The third-order valence-electron chi connectivity index (χ3n) is 3.84. The summed E-state index contributed by atoms with van der Waals surface area (Å²) in [6, 6.07) is 0. The molecule has 0 spiro atoms. The molecule has 4 nitrogen and oxygen atoms in total. The van der Waals surface area contributed by atoms with Crippen molar-refractivity contribution in [2.24, 2.45) is 10.5 Å². The largest absolute Gasteiger partial charge is 0.366 e. The molecule has 0 aliphatic carbocycles. The number of hydrogen-bond acceptors (Lipinski definition) is 4. The first-order valence-corrected chi connectivity index (χ1v) is 9.00. The van der Waals surface area contributed by atoms with E-state index in [1.165, 1.54) is 22.9 Å². The quantitative estimate of drug-likeness (QED) is 0.744. The standard InChI is InChI=1S/C17H27N3OS/c1-6-7-10-20-11-12-22-14(20)9-8-13-15(17(2,3)4)18-19(5)16(13)21/h8-9H,6-7,10-12H2,1-5H3/b13-8+,14-9+. The summed E-state index contributed by atoms with van der Waals surface area (Å²) in [4.78, 5) is 14.7. The van der Waals surface area contributed by atoms with E-state index in [2.05, 4.69) is 43.8 Å². The van der Waals surface area contributed by atoms with Crippen molar-refractivity contribution in [3.63, 3.8) is 0 Å². The van der Waals surface area contributed by atoms with E-state index < -0.39 is 0 Å². The Morgan fingerprint density at radius 1 is 1.32 bits per heavy atom. The predicted octanol–water partition coefficient (Wildman–Crippen LogP) is 3.48. The van der Waals surface area contributed by atoms with Crippen molar-refractivity contribution in [3.8, 4) is 0 Å². The van der Waals surface area contributed by atoms with Crippen molar-refractivity contribution < 1.29 is 4.79 Å². The fourth-order valence-corrected chi connectivity index (χ4v) is 3.62. The Morgan fingerprint density at radius 3 is 2.68 bits per heavy atom. The van der Waals surface area contributed by atoms with Crippen molar-refractivity contribution >= 4 is 23.4 Å². The van der Waals surface area contributed by atoms with Crippen LogP contribution in [0.15, 0.2) is 27.9 Å². The molecule has 22 heavy (non-hydrogen) atoms. The van der Waals surface area contributed by atoms with Crippen LogP contribution in [0.5, 0.6) is 0 Å². The van der Waals surface area contributed by atoms with E-state index in [9.17, 15) is 4.79 Å². The highest BCUT2D eigenvalue weighted by atomic mass is 32.2. The van der Waals surface area contributed by atoms with E-state index in [1.807, 2.05) is 17.8 Å². The maximum atomic E-state index is 12.3. The van der Waals surface area contributed by atoms with Crippen LogP contribution in [0.4, 0.5) is 0 Å². The SMILES string of the molecule is CCCCN1CCS/C1=C/C=C1/C(=O)N(C)N=C1C(C)(C)C. The number of likely N-dealkylation sites (N-methyl/N-ethyl adjacent to an activating group) is 1. The molecule has 5 heteroatoms. The van der Waals surface area contributed by atoms with Crippen LogP contribution < -0.4 is 0 Å². The zero-order valence-corrected chi connectivity index (χ0v) is 15.2. The molecule has 2 heterocycles. The van der Waals surface area contributed by atoms with Gasteiger partial charge in [0.25, 0.3) is 5.91 Å². The lowest BCUT2D eigenvalue weighted by Gasteiger charge is -2.19. The van der Waals surface area contributed by atoms with E-state index >= 15 is 0 Å². The fraction of sp³-hybridized carbons (Fsp3) is 0.647. The third kappa shape index (κ3) is 3.75. The highest BCUT2D eigenvalue weighted by Gasteiger charge is 2.34. The van der Waals surface area contributed by atoms with Gasteiger partial charge in [-0.3, -0.25) is 4.79 Å². The molecule has 122 valence electrons. The predicted molar refractivity (Wildman–Crippen MR) is 94.8 cm³/mol. The van der Waals surface area contributed by atoms with Crippen molar-refractivity contribution in [1.82, 2.24) is 9.91 Å². The van der Waals surface area contributed by atoms with Crippen LogP contribution in [0.25, 0.3) is 0 Å². The maximum Gasteiger partial charge on any atom is 0.275 e. The normalized spacial score (nSPS) is 23.1. The van der Waals surface area contributed by atoms with Crippen LogP contribution >= 0.6 is 11.8 Å². The number of allylic oxidation sites excluding steroid dienone is 2. The molecule has 0 aromatic heterocycles. The Labute approximate surface area is 138 Å². The smallest absolute Gasteiger partial charge is 0.275 e. The molecule has 2 rings (SSSR count). The lowest BCUT2D eigenvalue weighted by atomic mass is 9.85. The Balaban J connectivity index is 2.22. The summed E-state index contributed by atoms with van der Waals surface area (Å²) < 4.78 is 0. The van der Waals surface area contributed by atoms with Gasteiger partial charge in [0.1, 0.15) is 0 Å². The van der Waals surface area contributed by atoms with Gasteiger partial charge in [-0.2, -0.15) is 5.10 Å². The molecule has 1 saturated heterocycles. The summed E-state index contributed by atoms with van der Waals surface area (Å²) in [5.41, 5.74) is 1.47. The molecule has 0 aromatic rings.